The third-order valence-corrected chi connectivity index (χ3v) is 7.84. The molecule has 15 heteroatoms. The lowest BCUT2D eigenvalue weighted by Gasteiger charge is -2.41. The zero-order valence-electron chi connectivity index (χ0n) is 23.6. The molecule has 2 fully saturated rings. The monoisotopic (exact) mass is 615 g/mol. The summed E-state index contributed by atoms with van der Waals surface area (Å²) in [5.74, 6) is -1.43. The Bertz CT molecular complexity index is 1910. The number of nitrogens with one attached hydrogen (secondary N) is 2. The van der Waals surface area contributed by atoms with Crippen molar-refractivity contribution < 1.29 is 33.4 Å². The molecule has 2 saturated heterocycles. The Hall–Kier alpha value is -5.57. The van der Waals surface area contributed by atoms with Gasteiger partial charge in [-0.1, -0.05) is 30.3 Å². The van der Waals surface area contributed by atoms with E-state index in [0.29, 0.717) is 31.2 Å². The first-order valence-corrected chi connectivity index (χ1v) is 14.1. The number of carboxylic acid groups (broad SMARTS) is 1. The van der Waals surface area contributed by atoms with E-state index in [4.69, 9.17) is 9.47 Å². The number of nitrogens with zero attached hydrogens (tertiary/aromatic N) is 5. The summed E-state index contributed by atoms with van der Waals surface area (Å²) in [6, 6.07) is 13.5. The van der Waals surface area contributed by atoms with Gasteiger partial charge in [0.15, 0.2) is 29.8 Å². The van der Waals surface area contributed by atoms with Crippen LogP contribution < -0.4 is 30.6 Å². The number of carboxylic acids is 1. The Balaban J connectivity index is 1.02. The van der Waals surface area contributed by atoms with E-state index >= 15 is 4.39 Å². The molecular weight excluding hydrogens is 589 g/mol. The number of carbonyl (C=O) groups is 3. The van der Waals surface area contributed by atoms with Crippen LogP contribution in [0.25, 0.3) is 11.0 Å². The van der Waals surface area contributed by atoms with E-state index in [9.17, 15) is 24.3 Å². The van der Waals surface area contributed by atoms with Crippen LogP contribution in [0.4, 0.5) is 26.6 Å². The lowest BCUT2D eigenvalue weighted by molar-refractivity contribution is -0.118. The lowest BCUT2D eigenvalue weighted by Crippen LogP contribution is -2.59. The predicted octanol–water partition coefficient (Wildman–Crippen LogP) is 1.81. The second kappa shape index (κ2) is 11.2. The lowest BCUT2D eigenvalue weighted by atomic mass is 10.1. The Morgan fingerprint density at radius 2 is 1.89 bits per heavy atom. The van der Waals surface area contributed by atoms with Crippen LogP contribution in [0.2, 0.25) is 0 Å². The van der Waals surface area contributed by atoms with Gasteiger partial charge in [-0.05, 0) is 23.8 Å². The highest BCUT2D eigenvalue weighted by Crippen LogP contribution is 2.30. The third kappa shape index (κ3) is 5.37. The molecule has 230 valence electrons. The largest absolute Gasteiger partial charge is 0.480 e. The predicted molar refractivity (Wildman–Crippen MR) is 158 cm³/mol. The normalized spacial score (nSPS) is 17.8. The minimum Gasteiger partial charge on any atom is -0.480 e. The molecule has 6 heterocycles. The fourth-order valence-corrected chi connectivity index (χ4v) is 5.55. The average Bonchev–Trinajstić information content (AvgIpc) is 3.38. The van der Waals surface area contributed by atoms with Crippen LogP contribution in [0.5, 0.6) is 5.75 Å². The minimum absolute atomic E-state index is 0.0511. The smallest absolute Gasteiger partial charge is 0.416 e. The van der Waals surface area contributed by atoms with Crippen molar-refractivity contribution in [3.63, 3.8) is 0 Å². The van der Waals surface area contributed by atoms with Crippen LogP contribution in [0.1, 0.15) is 15.9 Å². The van der Waals surface area contributed by atoms with E-state index in [2.05, 4.69) is 20.6 Å². The fraction of sp³-hybridized carbons (Fsp3) is 0.267. The summed E-state index contributed by atoms with van der Waals surface area (Å²) in [6.45, 7) is 1.53. The Labute approximate surface area is 254 Å². The number of rotatable bonds is 8. The molecule has 3 aliphatic heterocycles. The number of hydrogen-bond acceptors (Lipinski definition) is 10. The molecule has 14 nitrogen and oxygen atoms in total. The third-order valence-electron chi connectivity index (χ3n) is 7.84. The van der Waals surface area contributed by atoms with Crippen molar-refractivity contribution in [3.05, 3.63) is 81.9 Å². The second-order valence-electron chi connectivity index (χ2n) is 10.9. The van der Waals surface area contributed by atoms with E-state index < -0.39 is 35.0 Å². The summed E-state index contributed by atoms with van der Waals surface area (Å²) in [7, 11) is 0. The van der Waals surface area contributed by atoms with E-state index in [1.165, 1.54) is 11.1 Å². The molecule has 2 amide bonds. The summed E-state index contributed by atoms with van der Waals surface area (Å²) < 4.78 is 27.6. The first kappa shape index (κ1) is 28.2. The van der Waals surface area contributed by atoms with Crippen molar-refractivity contribution in [2.24, 2.45) is 0 Å². The van der Waals surface area contributed by atoms with Gasteiger partial charge < -0.3 is 34.7 Å². The number of pyridine rings is 3. The summed E-state index contributed by atoms with van der Waals surface area (Å²) in [4.78, 5) is 60.7. The van der Waals surface area contributed by atoms with Crippen molar-refractivity contribution in [2.45, 2.75) is 18.7 Å². The molecule has 0 aliphatic carbocycles. The maximum atomic E-state index is 15.3. The van der Waals surface area contributed by atoms with Crippen LogP contribution in [-0.4, -0.2) is 82.5 Å². The first-order chi connectivity index (χ1) is 21.7. The van der Waals surface area contributed by atoms with Crippen LogP contribution in [0, 0.1) is 5.82 Å². The Morgan fingerprint density at radius 3 is 2.67 bits per heavy atom. The van der Waals surface area contributed by atoms with Gasteiger partial charge in [-0.2, -0.15) is 0 Å². The number of cyclic esters (lactones) is 1. The molecular formula is C30H26FN7O7. The highest BCUT2D eigenvalue weighted by Gasteiger charge is 2.36. The highest BCUT2D eigenvalue weighted by molar-refractivity contribution is 5.95. The van der Waals surface area contributed by atoms with Gasteiger partial charge in [-0.15, -0.1) is 0 Å². The van der Waals surface area contributed by atoms with Crippen molar-refractivity contribution in [2.75, 3.05) is 47.9 Å². The van der Waals surface area contributed by atoms with Gasteiger partial charge in [0.1, 0.15) is 23.1 Å². The van der Waals surface area contributed by atoms with Gasteiger partial charge in [-0.3, -0.25) is 14.5 Å². The number of carbonyl (C=O) groups excluding carboxylic acids is 2. The van der Waals surface area contributed by atoms with E-state index in [1.807, 2.05) is 30.3 Å². The van der Waals surface area contributed by atoms with E-state index in [-0.39, 0.29) is 54.3 Å². The number of hydrogen-bond donors (Lipinski definition) is 3. The first-order valence-electron chi connectivity index (χ1n) is 14.1. The molecule has 3 N–H and O–H groups in total. The second-order valence-corrected chi connectivity index (χ2v) is 10.9. The van der Waals surface area contributed by atoms with Gasteiger partial charge in [-0.25, -0.2) is 23.9 Å². The Kier molecular flexibility index (Phi) is 7.00. The quantitative estimate of drug-likeness (QED) is 0.264. The molecule has 45 heavy (non-hydrogen) atoms. The van der Waals surface area contributed by atoms with Crippen LogP contribution in [0.3, 0.4) is 0 Å². The molecule has 7 rings (SSSR count). The highest BCUT2D eigenvalue weighted by atomic mass is 19.1. The minimum atomic E-state index is -1.40. The summed E-state index contributed by atoms with van der Waals surface area (Å²) in [6.07, 6.45) is 0.203. The fourth-order valence-electron chi connectivity index (χ4n) is 5.55. The van der Waals surface area contributed by atoms with Gasteiger partial charge in [0.2, 0.25) is 5.43 Å². The van der Waals surface area contributed by atoms with Gasteiger partial charge in [0.05, 0.1) is 11.9 Å². The zero-order valence-corrected chi connectivity index (χ0v) is 23.6. The van der Waals surface area contributed by atoms with Crippen LogP contribution in [-0.2, 0) is 16.1 Å². The molecule has 3 aliphatic rings. The maximum absolute atomic E-state index is 15.3. The van der Waals surface area contributed by atoms with Gasteiger partial charge in [0, 0.05) is 38.4 Å². The number of halogens is 1. The number of fused-ring (bicyclic) bond motifs is 2. The summed E-state index contributed by atoms with van der Waals surface area (Å²) in [5.41, 5.74) is -0.225. The van der Waals surface area contributed by atoms with Crippen molar-refractivity contribution in [3.8, 4) is 5.75 Å². The van der Waals surface area contributed by atoms with E-state index in [0.717, 1.165) is 11.6 Å². The molecule has 1 unspecified atom stereocenters. The molecule has 0 spiro atoms. The zero-order chi connectivity index (χ0) is 31.2. The SMILES string of the molecule is O=C1COc2ccc(N3CC(CNC4CN(c5nc6c(cc5F)c(=O)c(C(=O)O)cn6Cc5ccccc5)C4)OC3=O)nc2N1. The van der Waals surface area contributed by atoms with Crippen LogP contribution >= 0.6 is 0 Å². The van der Waals surface area contributed by atoms with Crippen molar-refractivity contribution in [1.29, 1.82) is 0 Å². The number of ether oxygens (including phenoxy) is 2. The van der Waals surface area contributed by atoms with Crippen molar-refractivity contribution >= 4 is 46.5 Å². The molecule has 3 aromatic heterocycles. The summed E-state index contributed by atoms with van der Waals surface area (Å²) in [5, 5.41) is 15.4. The Morgan fingerprint density at radius 1 is 1.09 bits per heavy atom. The standard InChI is InChI=1S/C30H26FN7O7/c31-21-8-19-25(40)20(29(41)42)14-36(10-16-4-2-1-3-5-16)27(19)35-28(21)37-11-17(12-37)32-9-18-13-38(30(43)45-18)23-7-6-22-26(33-23)34-24(39)15-44-22/h1-8,14,17-18,32H,9-13,15H2,(H,41,42)(H,33,34,39). The van der Waals surface area contributed by atoms with Crippen LogP contribution in [0.15, 0.2) is 59.5 Å². The van der Waals surface area contributed by atoms with Gasteiger partial charge in [0.25, 0.3) is 5.91 Å². The van der Waals surface area contributed by atoms with Gasteiger partial charge >= 0.3 is 12.1 Å². The topological polar surface area (TPSA) is 168 Å². The molecule has 0 bridgehead atoms. The van der Waals surface area contributed by atoms with E-state index in [1.54, 1.807) is 21.6 Å². The average molecular weight is 616 g/mol. The maximum Gasteiger partial charge on any atom is 0.416 e. The molecule has 4 aromatic rings. The number of amides is 2. The number of anilines is 3. The summed E-state index contributed by atoms with van der Waals surface area (Å²) >= 11 is 0. The molecule has 1 aromatic carbocycles. The number of aromatic carboxylic acids is 1. The number of benzene rings is 1. The van der Waals surface area contributed by atoms with Crippen molar-refractivity contribution in [1.82, 2.24) is 19.9 Å². The molecule has 0 radical (unpaired) electrons. The molecule has 0 saturated carbocycles. The number of aromatic nitrogens is 3. The molecule has 1 atom stereocenters.